The summed E-state index contributed by atoms with van der Waals surface area (Å²) in [5, 5.41) is 6.21. The first-order chi connectivity index (χ1) is 9.06. The Kier molecular flexibility index (Phi) is 8.97. The molecule has 0 aliphatic rings. The summed E-state index contributed by atoms with van der Waals surface area (Å²) in [6.07, 6.45) is 0. The van der Waals surface area contributed by atoms with Crippen molar-refractivity contribution in [3.05, 3.63) is 23.7 Å². The largest absolute Gasteiger partial charge is 0.454 e. The molecule has 0 spiro atoms. The normalized spacial score (nSPS) is 12.4. The van der Waals surface area contributed by atoms with Gasteiger partial charge in [0, 0.05) is 20.2 Å². The van der Waals surface area contributed by atoms with E-state index in [9.17, 15) is 4.79 Å². The number of carbonyl (C=O) groups is 1. The molecular weight excluding hydrogens is 375 g/mol. The first kappa shape index (κ1) is 18.7. The minimum atomic E-state index is -0.581. The molecule has 0 aromatic carbocycles. The molecule has 0 aliphatic carbocycles. The van der Waals surface area contributed by atoms with Crippen LogP contribution in [0.1, 0.15) is 23.2 Å². The van der Waals surface area contributed by atoms with Crippen LogP contribution in [0.2, 0.25) is 0 Å². The van der Waals surface area contributed by atoms with Crippen LogP contribution < -0.4 is 16.4 Å². The number of carbonyl (C=O) groups excluding carboxylic acids is 1. The van der Waals surface area contributed by atoms with E-state index in [0.29, 0.717) is 24.9 Å². The number of methoxy groups -OCH3 is 1. The highest BCUT2D eigenvalue weighted by molar-refractivity contribution is 14.0. The minimum Gasteiger partial charge on any atom is -0.454 e. The number of nitrogens with one attached hydrogen (secondary N) is 2. The molecule has 114 valence electrons. The van der Waals surface area contributed by atoms with Gasteiger partial charge in [0.2, 0.25) is 0 Å². The summed E-state index contributed by atoms with van der Waals surface area (Å²) in [6, 6.07) is 3.37. The second-order valence-electron chi connectivity index (χ2n) is 4.06. The number of nitrogens with zero attached hydrogens (tertiary/aromatic N) is 1. The van der Waals surface area contributed by atoms with Gasteiger partial charge in [-0.25, -0.2) is 0 Å². The van der Waals surface area contributed by atoms with Crippen molar-refractivity contribution in [2.75, 3.05) is 20.8 Å². The highest BCUT2D eigenvalue weighted by atomic mass is 127. The molecule has 0 aliphatic heterocycles. The number of amides is 1. The maximum absolute atomic E-state index is 10.9. The van der Waals surface area contributed by atoms with Crippen molar-refractivity contribution in [3.8, 4) is 0 Å². The van der Waals surface area contributed by atoms with Gasteiger partial charge in [0.15, 0.2) is 11.7 Å². The van der Waals surface area contributed by atoms with Gasteiger partial charge in [-0.3, -0.25) is 9.79 Å². The number of halogens is 1. The maximum Gasteiger partial charge on any atom is 0.284 e. The van der Waals surface area contributed by atoms with Crippen LogP contribution in [0.3, 0.4) is 0 Å². The Morgan fingerprint density at radius 3 is 2.75 bits per heavy atom. The van der Waals surface area contributed by atoms with Gasteiger partial charge in [-0.1, -0.05) is 0 Å². The van der Waals surface area contributed by atoms with Crippen molar-refractivity contribution in [1.29, 1.82) is 0 Å². The van der Waals surface area contributed by atoms with E-state index < -0.39 is 5.91 Å². The summed E-state index contributed by atoms with van der Waals surface area (Å²) in [4.78, 5) is 15.0. The molecule has 1 unspecified atom stereocenters. The molecule has 0 bridgehead atoms. The van der Waals surface area contributed by atoms with Gasteiger partial charge in [-0.2, -0.15) is 0 Å². The molecule has 1 aromatic rings. The lowest BCUT2D eigenvalue weighted by Gasteiger charge is -2.16. The number of furan rings is 1. The van der Waals surface area contributed by atoms with Gasteiger partial charge in [-0.15, -0.1) is 24.0 Å². The standard InChI is InChI=1S/C12H20N4O3.HI/c1-8(7-18-3)16-12(14-2)15-6-9-4-5-10(19-9)11(13)17;/h4-5,8H,6-7H2,1-3H3,(H2,13,17)(H2,14,15,16);1H. The highest BCUT2D eigenvalue weighted by Crippen LogP contribution is 2.06. The molecule has 1 rings (SSSR count). The molecule has 4 N–H and O–H groups in total. The van der Waals surface area contributed by atoms with Crippen LogP contribution >= 0.6 is 24.0 Å². The van der Waals surface area contributed by atoms with E-state index in [2.05, 4.69) is 15.6 Å². The summed E-state index contributed by atoms with van der Waals surface area (Å²) in [6.45, 7) is 2.97. The second kappa shape index (κ2) is 9.59. The first-order valence-electron chi connectivity index (χ1n) is 5.91. The van der Waals surface area contributed by atoms with Crippen molar-refractivity contribution >= 4 is 35.8 Å². The predicted molar refractivity (Wildman–Crippen MR) is 87.3 cm³/mol. The van der Waals surface area contributed by atoms with Gasteiger partial charge in [0.1, 0.15) is 5.76 Å². The zero-order chi connectivity index (χ0) is 14.3. The molecule has 0 saturated carbocycles. The molecule has 20 heavy (non-hydrogen) atoms. The maximum atomic E-state index is 10.9. The fourth-order valence-electron chi connectivity index (χ4n) is 1.50. The molecule has 1 heterocycles. The van der Waals surface area contributed by atoms with Crippen molar-refractivity contribution in [1.82, 2.24) is 10.6 Å². The third kappa shape index (κ3) is 6.24. The topological polar surface area (TPSA) is 102 Å². The third-order valence-corrected chi connectivity index (χ3v) is 2.36. The number of nitrogens with two attached hydrogens (primary N) is 1. The summed E-state index contributed by atoms with van der Waals surface area (Å²) in [5.41, 5.74) is 5.11. The van der Waals surface area contributed by atoms with E-state index in [1.165, 1.54) is 0 Å². The van der Waals surface area contributed by atoms with Crippen molar-refractivity contribution in [2.45, 2.75) is 19.5 Å². The van der Waals surface area contributed by atoms with Crippen molar-refractivity contribution in [2.24, 2.45) is 10.7 Å². The molecule has 7 nitrogen and oxygen atoms in total. The molecule has 0 saturated heterocycles. The van der Waals surface area contributed by atoms with E-state index >= 15 is 0 Å². The molecule has 1 aromatic heterocycles. The van der Waals surface area contributed by atoms with E-state index in [1.807, 2.05) is 6.92 Å². The van der Waals surface area contributed by atoms with Crippen LogP contribution in [0, 0.1) is 0 Å². The van der Waals surface area contributed by atoms with E-state index in [0.717, 1.165) is 0 Å². The number of aliphatic imine (C=N–C) groups is 1. The van der Waals surface area contributed by atoms with Crippen LogP contribution in [0.25, 0.3) is 0 Å². The number of primary amides is 1. The smallest absolute Gasteiger partial charge is 0.284 e. The van der Waals surface area contributed by atoms with Gasteiger partial charge in [0.05, 0.1) is 13.2 Å². The lowest BCUT2D eigenvalue weighted by atomic mass is 10.3. The lowest BCUT2D eigenvalue weighted by Crippen LogP contribution is -2.43. The summed E-state index contributed by atoms with van der Waals surface area (Å²) in [5.74, 6) is 0.799. The summed E-state index contributed by atoms with van der Waals surface area (Å²) >= 11 is 0. The van der Waals surface area contributed by atoms with Crippen LogP contribution in [0.15, 0.2) is 21.5 Å². The SMILES string of the molecule is CN=C(NCc1ccc(C(N)=O)o1)NC(C)COC.I. The Morgan fingerprint density at radius 1 is 1.55 bits per heavy atom. The Bertz CT molecular complexity index is 448. The minimum absolute atomic E-state index is 0. The zero-order valence-electron chi connectivity index (χ0n) is 11.8. The first-order valence-corrected chi connectivity index (χ1v) is 5.91. The van der Waals surface area contributed by atoms with E-state index in [-0.39, 0.29) is 35.8 Å². The average Bonchev–Trinajstić information content (AvgIpc) is 2.83. The number of hydrogen-bond acceptors (Lipinski definition) is 4. The number of guanidine groups is 1. The Balaban J connectivity index is 0.00000361. The van der Waals surface area contributed by atoms with Crippen molar-refractivity contribution in [3.63, 3.8) is 0 Å². The van der Waals surface area contributed by atoms with Gasteiger partial charge in [-0.05, 0) is 19.1 Å². The highest BCUT2D eigenvalue weighted by Gasteiger charge is 2.08. The summed E-state index contributed by atoms with van der Waals surface area (Å²) in [7, 11) is 3.31. The van der Waals surface area contributed by atoms with Crippen LogP contribution in [-0.2, 0) is 11.3 Å². The molecule has 0 radical (unpaired) electrons. The molecular formula is C12H21IN4O3. The third-order valence-electron chi connectivity index (χ3n) is 2.36. The molecule has 8 heteroatoms. The van der Waals surface area contributed by atoms with E-state index in [1.54, 1.807) is 26.3 Å². The number of ether oxygens (including phenoxy) is 1. The number of hydrogen-bond donors (Lipinski definition) is 3. The Morgan fingerprint density at radius 2 is 2.25 bits per heavy atom. The average molecular weight is 396 g/mol. The van der Waals surface area contributed by atoms with Crippen LogP contribution in [0.5, 0.6) is 0 Å². The second-order valence-corrected chi connectivity index (χ2v) is 4.06. The van der Waals surface area contributed by atoms with Gasteiger partial charge < -0.3 is 25.5 Å². The lowest BCUT2D eigenvalue weighted by molar-refractivity contribution is 0.0972. The quantitative estimate of drug-likeness (QED) is 0.373. The van der Waals surface area contributed by atoms with Crippen molar-refractivity contribution < 1.29 is 13.9 Å². The van der Waals surface area contributed by atoms with E-state index in [4.69, 9.17) is 14.9 Å². The van der Waals surface area contributed by atoms with Gasteiger partial charge >= 0.3 is 0 Å². The predicted octanol–water partition coefficient (Wildman–Crippen LogP) is 0.696. The number of rotatable bonds is 6. The molecule has 1 amide bonds. The molecule has 0 fully saturated rings. The van der Waals surface area contributed by atoms with Gasteiger partial charge in [0.25, 0.3) is 5.91 Å². The zero-order valence-corrected chi connectivity index (χ0v) is 14.1. The summed E-state index contributed by atoms with van der Waals surface area (Å²) < 4.78 is 10.3. The monoisotopic (exact) mass is 396 g/mol. The fraction of sp³-hybridized carbons (Fsp3) is 0.500. The Labute approximate surface area is 135 Å². The van der Waals surface area contributed by atoms with Crippen LogP contribution in [-0.4, -0.2) is 38.7 Å². The fourth-order valence-corrected chi connectivity index (χ4v) is 1.50. The van der Waals surface area contributed by atoms with Crippen LogP contribution in [0.4, 0.5) is 0 Å². The Hall–Kier alpha value is -1.29. The molecule has 1 atom stereocenters.